The van der Waals surface area contributed by atoms with Crippen LogP contribution in [-0.2, 0) is 0 Å². The molecule has 1 aromatic rings. The van der Waals surface area contributed by atoms with Crippen molar-refractivity contribution in [3.63, 3.8) is 0 Å². The number of hydrogen-bond donors (Lipinski definition) is 1. The molecule has 0 saturated carbocycles. The molecule has 24 heavy (non-hydrogen) atoms. The molecular formula is C16H25Cl2F3N2S. The van der Waals surface area contributed by atoms with Crippen LogP contribution in [0.15, 0.2) is 29.2 Å². The first-order chi connectivity index (χ1) is 10.5. The minimum atomic E-state index is -4.22. The highest BCUT2D eigenvalue weighted by molar-refractivity contribution is 8.00. The van der Waals surface area contributed by atoms with Crippen molar-refractivity contribution in [3.05, 3.63) is 29.8 Å². The molecule has 0 unspecified atom stereocenters. The molecule has 1 aliphatic heterocycles. The molecule has 0 spiro atoms. The van der Waals surface area contributed by atoms with Crippen molar-refractivity contribution in [2.75, 3.05) is 26.2 Å². The number of nitrogens with one attached hydrogen (secondary N) is 1. The first-order valence-corrected chi connectivity index (χ1v) is 8.61. The lowest BCUT2D eigenvalue weighted by atomic mass is 9.99. The second-order valence-corrected chi connectivity index (χ2v) is 6.70. The Labute approximate surface area is 158 Å². The maximum Gasteiger partial charge on any atom is 0.446 e. The molecule has 0 radical (unpaired) electrons. The van der Waals surface area contributed by atoms with Crippen LogP contribution in [0.25, 0.3) is 0 Å². The normalized spacial score (nSPS) is 16.8. The van der Waals surface area contributed by atoms with Gasteiger partial charge in [0.15, 0.2) is 0 Å². The van der Waals surface area contributed by atoms with E-state index in [9.17, 15) is 13.2 Å². The average Bonchev–Trinajstić information content (AvgIpc) is 2.49. The molecule has 1 N–H and O–H groups in total. The van der Waals surface area contributed by atoms with Gasteiger partial charge in [-0.3, -0.25) is 4.90 Å². The average molecular weight is 405 g/mol. The number of piperazine rings is 1. The summed E-state index contributed by atoms with van der Waals surface area (Å²) in [5.41, 5.74) is -3.09. The van der Waals surface area contributed by atoms with Crippen molar-refractivity contribution in [1.82, 2.24) is 10.2 Å². The molecule has 8 heteroatoms. The van der Waals surface area contributed by atoms with Gasteiger partial charge in [-0.05, 0) is 35.9 Å². The van der Waals surface area contributed by atoms with Crippen LogP contribution < -0.4 is 5.32 Å². The number of rotatable bonds is 6. The van der Waals surface area contributed by atoms with Crippen LogP contribution in [0.2, 0.25) is 0 Å². The maximum absolute atomic E-state index is 12.4. The molecule has 1 fully saturated rings. The molecule has 0 bridgehead atoms. The molecule has 1 heterocycles. The zero-order valence-corrected chi connectivity index (χ0v) is 16.1. The lowest BCUT2D eigenvalue weighted by molar-refractivity contribution is -0.0328. The van der Waals surface area contributed by atoms with Crippen LogP contribution in [0.3, 0.4) is 0 Å². The summed E-state index contributed by atoms with van der Waals surface area (Å²) in [6.07, 6.45) is 3.32. The van der Waals surface area contributed by atoms with E-state index in [1.165, 1.54) is 0 Å². The highest BCUT2D eigenvalue weighted by Gasteiger charge is 2.29. The summed E-state index contributed by atoms with van der Waals surface area (Å²) in [6.45, 7) is 6.11. The SMILES string of the molecule is CCCC[C@@H](c1ccc(SC(F)(F)F)cc1)N1CCNCC1.Cl.Cl. The Morgan fingerprint density at radius 1 is 1.12 bits per heavy atom. The summed E-state index contributed by atoms with van der Waals surface area (Å²) < 4.78 is 37.2. The minimum Gasteiger partial charge on any atom is -0.314 e. The number of benzene rings is 1. The number of nitrogens with zero attached hydrogens (tertiary/aromatic N) is 1. The van der Waals surface area contributed by atoms with Crippen molar-refractivity contribution in [3.8, 4) is 0 Å². The topological polar surface area (TPSA) is 15.3 Å². The fourth-order valence-electron chi connectivity index (χ4n) is 2.84. The third kappa shape index (κ3) is 7.83. The van der Waals surface area contributed by atoms with E-state index < -0.39 is 5.51 Å². The summed E-state index contributed by atoms with van der Waals surface area (Å²) in [5, 5.41) is 3.34. The van der Waals surface area contributed by atoms with Crippen LogP contribution in [0.4, 0.5) is 13.2 Å². The van der Waals surface area contributed by atoms with E-state index in [-0.39, 0.29) is 41.5 Å². The summed E-state index contributed by atoms with van der Waals surface area (Å²) >= 11 is -0.0490. The van der Waals surface area contributed by atoms with E-state index in [4.69, 9.17) is 0 Å². The lowest BCUT2D eigenvalue weighted by Crippen LogP contribution is -2.45. The quantitative estimate of drug-likeness (QED) is 0.649. The van der Waals surface area contributed by atoms with Crippen LogP contribution in [0.5, 0.6) is 0 Å². The Hall–Kier alpha value is -0.140. The van der Waals surface area contributed by atoms with Crippen molar-refractivity contribution in [2.24, 2.45) is 0 Å². The monoisotopic (exact) mass is 404 g/mol. The van der Waals surface area contributed by atoms with E-state index in [2.05, 4.69) is 17.1 Å². The third-order valence-corrected chi connectivity index (χ3v) is 4.66. The molecule has 140 valence electrons. The molecule has 0 aromatic heterocycles. The van der Waals surface area contributed by atoms with Crippen LogP contribution in [-0.4, -0.2) is 36.6 Å². The molecular weight excluding hydrogens is 380 g/mol. The van der Waals surface area contributed by atoms with Gasteiger partial charge in [0.1, 0.15) is 0 Å². The number of alkyl halides is 3. The first kappa shape index (κ1) is 23.9. The van der Waals surface area contributed by atoms with E-state index >= 15 is 0 Å². The van der Waals surface area contributed by atoms with Gasteiger partial charge in [-0.1, -0.05) is 31.9 Å². The first-order valence-electron chi connectivity index (χ1n) is 7.80. The molecule has 2 nitrogen and oxygen atoms in total. The Bertz CT molecular complexity index is 452. The van der Waals surface area contributed by atoms with Gasteiger partial charge in [0, 0.05) is 37.1 Å². The number of thioether (sulfide) groups is 1. The highest BCUT2D eigenvalue weighted by atomic mass is 35.5. The van der Waals surface area contributed by atoms with Gasteiger partial charge in [-0.2, -0.15) is 13.2 Å². The van der Waals surface area contributed by atoms with Gasteiger partial charge in [-0.15, -0.1) is 24.8 Å². The standard InChI is InChI=1S/C16H23F3N2S.2ClH/c1-2-3-4-15(21-11-9-20-10-12-21)13-5-7-14(8-6-13)22-16(17,18)19;;/h5-8,15,20H,2-4,9-12H2,1H3;2*1H/t15-;;/m0../s1. The molecule has 1 atom stereocenters. The van der Waals surface area contributed by atoms with E-state index in [1.807, 2.05) is 12.1 Å². The van der Waals surface area contributed by atoms with Gasteiger partial charge < -0.3 is 5.32 Å². The second-order valence-electron chi connectivity index (χ2n) is 5.56. The molecule has 2 rings (SSSR count). The van der Waals surface area contributed by atoms with Crippen molar-refractivity contribution in [1.29, 1.82) is 0 Å². The Balaban J connectivity index is 0.00000264. The van der Waals surface area contributed by atoms with E-state index in [0.29, 0.717) is 6.04 Å². The number of hydrogen-bond acceptors (Lipinski definition) is 3. The third-order valence-electron chi connectivity index (χ3n) is 3.92. The summed E-state index contributed by atoms with van der Waals surface area (Å²) in [5.74, 6) is 0. The number of unbranched alkanes of at least 4 members (excludes halogenated alkanes) is 1. The van der Waals surface area contributed by atoms with Crippen LogP contribution >= 0.6 is 36.6 Å². The van der Waals surface area contributed by atoms with E-state index in [0.717, 1.165) is 51.0 Å². The molecule has 0 amide bonds. The largest absolute Gasteiger partial charge is 0.446 e. The second kappa shape index (κ2) is 11.5. The van der Waals surface area contributed by atoms with Gasteiger partial charge in [0.25, 0.3) is 0 Å². The summed E-state index contributed by atoms with van der Waals surface area (Å²) in [6, 6.07) is 7.21. The van der Waals surface area contributed by atoms with Crippen LogP contribution in [0.1, 0.15) is 37.8 Å². The van der Waals surface area contributed by atoms with Gasteiger partial charge in [-0.25, -0.2) is 0 Å². The summed E-state index contributed by atoms with van der Waals surface area (Å²) in [7, 11) is 0. The Morgan fingerprint density at radius 2 is 1.71 bits per heavy atom. The fraction of sp³-hybridized carbons (Fsp3) is 0.625. The molecule has 1 aromatic carbocycles. The predicted molar refractivity (Wildman–Crippen MR) is 99.6 cm³/mol. The van der Waals surface area contributed by atoms with Crippen molar-refractivity contribution >= 4 is 36.6 Å². The summed E-state index contributed by atoms with van der Waals surface area (Å²) in [4.78, 5) is 2.70. The molecule has 1 saturated heterocycles. The minimum absolute atomic E-state index is 0. The Morgan fingerprint density at radius 3 is 2.21 bits per heavy atom. The van der Waals surface area contributed by atoms with Gasteiger partial charge in [0.05, 0.1) is 0 Å². The van der Waals surface area contributed by atoms with Crippen LogP contribution in [0, 0.1) is 0 Å². The molecule has 1 aliphatic rings. The molecule has 0 aliphatic carbocycles. The number of halogens is 5. The van der Waals surface area contributed by atoms with E-state index in [1.54, 1.807) is 12.1 Å². The zero-order valence-electron chi connectivity index (χ0n) is 13.6. The van der Waals surface area contributed by atoms with Gasteiger partial charge >= 0.3 is 5.51 Å². The Kier molecular flexibility index (Phi) is 11.4. The maximum atomic E-state index is 12.4. The van der Waals surface area contributed by atoms with Crippen molar-refractivity contribution in [2.45, 2.75) is 42.6 Å². The van der Waals surface area contributed by atoms with Gasteiger partial charge in [0.2, 0.25) is 0 Å². The fourth-order valence-corrected chi connectivity index (χ4v) is 3.38. The lowest BCUT2D eigenvalue weighted by Gasteiger charge is -2.35. The zero-order chi connectivity index (χ0) is 16.0. The predicted octanol–water partition coefficient (Wildman–Crippen LogP) is 5.28. The van der Waals surface area contributed by atoms with Crippen molar-refractivity contribution < 1.29 is 13.2 Å². The smallest absolute Gasteiger partial charge is 0.314 e. The highest BCUT2D eigenvalue weighted by Crippen LogP contribution is 2.37.